The van der Waals surface area contributed by atoms with Crippen LogP contribution < -0.4 is 28.1 Å². The molecule has 0 spiro atoms. The first-order chi connectivity index (χ1) is 11.3. The molecular weight excluding hydrogens is 411 g/mol. The fourth-order valence-electron chi connectivity index (χ4n) is 3.73. The van der Waals surface area contributed by atoms with Crippen molar-refractivity contribution in [1.82, 2.24) is 0 Å². The van der Waals surface area contributed by atoms with Crippen molar-refractivity contribution in [2.75, 3.05) is 0 Å². The maximum absolute atomic E-state index is 6.00. The molecule has 4 heteroatoms. The zero-order valence-corrected chi connectivity index (χ0v) is 21.5. The van der Waals surface area contributed by atoms with Gasteiger partial charge in [-0.15, -0.1) is 0 Å². The number of benzene rings is 1. The van der Waals surface area contributed by atoms with Gasteiger partial charge in [0.2, 0.25) is 0 Å². The number of allylic oxidation sites excluding steroid dienone is 4. The minimum Gasteiger partial charge on any atom is -1.00 e. The number of halogens is 2. The van der Waals surface area contributed by atoms with Crippen molar-refractivity contribution in [3.8, 4) is 5.75 Å². The minimum absolute atomic E-state index is 0. The number of hydrogen-bond acceptors (Lipinski definition) is 1. The van der Waals surface area contributed by atoms with Crippen LogP contribution in [0.25, 0.3) is 5.57 Å². The van der Waals surface area contributed by atoms with Crippen LogP contribution in [0.15, 0.2) is 28.9 Å². The van der Waals surface area contributed by atoms with E-state index >= 15 is 0 Å². The van der Waals surface area contributed by atoms with E-state index in [1.165, 1.54) is 39.0 Å². The summed E-state index contributed by atoms with van der Waals surface area (Å²) in [6.07, 6.45) is 0. The maximum Gasteiger partial charge on any atom is -1.00 e. The van der Waals surface area contributed by atoms with E-state index in [2.05, 4.69) is 81.4 Å². The molecule has 1 aromatic carbocycles. The number of rotatable bonds is 2. The van der Waals surface area contributed by atoms with Gasteiger partial charge in [0.25, 0.3) is 0 Å². The van der Waals surface area contributed by atoms with Crippen LogP contribution in [0.3, 0.4) is 0 Å². The first-order valence-corrected chi connectivity index (χ1v) is 9.86. The van der Waals surface area contributed by atoms with Gasteiger partial charge in [0.1, 0.15) is 0 Å². The van der Waals surface area contributed by atoms with Crippen LogP contribution in [-0.4, -0.2) is 0 Å². The Morgan fingerprint density at radius 2 is 1.37 bits per heavy atom. The second-order valence-corrected chi connectivity index (χ2v) is 9.89. The van der Waals surface area contributed by atoms with E-state index in [0.717, 1.165) is 5.75 Å². The van der Waals surface area contributed by atoms with Gasteiger partial charge in [0.05, 0.1) is 0 Å². The zero-order chi connectivity index (χ0) is 19.3. The molecule has 2 rings (SSSR count). The molecule has 0 heterocycles. The summed E-state index contributed by atoms with van der Waals surface area (Å²) in [5.74, 6) is 1.49. The standard InChI is InChI=1S/C23H34O.2ClH.Ti/c1-13-14(2)16(4)20(15(13)3)18-11-17(22(5,6)7)12-19(21(18)24)23(8,9)10;;;/h11-12,15,24H,1-10H3;2*1H;/q;;;+3/p-3. The molecule has 27 heavy (non-hydrogen) atoms. The summed E-state index contributed by atoms with van der Waals surface area (Å²) in [6, 6.07) is 4.72. The van der Waals surface area contributed by atoms with Crippen LogP contribution in [0.2, 0.25) is 0 Å². The van der Waals surface area contributed by atoms with Gasteiger partial charge in [-0.3, -0.25) is 0 Å². The molecule has 0 aliphatic heterocycles. The van der Waals surface area contributed by atoms with Gasteiger partial charge in [-0.25, -0.2) is 0 Å². The first kappa shape index (κ1) is 26.8. The van der Waals surface area contributed by atoms with Crippen LogP contribution in [0.4, 0.5) is 0 Å². The van der Waals surface area contributed by atoms with Crippen molar-refractivity contribution in [2.24, 2.45) is 5.92 Å². The Balaban J connectivity index is 0.00000338. The second kappa shape index (κ2) is 9.08. The van der Waals surface area contributed by atoms with Gasteiger partial charge >= 0.3 is 167 Å². The molecular formula is C23H33Cl2OTi. The molecule has 0 bridgehead atoms. The Morgan fingerprint density at radius 1 is 0.852 bits per heavy atom. The van der Waals surface area contributed by atoms with Gasteiger partial charge in [0, 0.05) is 0 Å². The third-order valence-electron chi connectivity index (χ3n) is 5.80. The van der Waals surface area contributed by atoms with Crippen LogP contribution in [0, 0.1) is 5.92 Å². The Morgan fingerprint density at radius 3 is 1.70 bits per heavy atom. The molecule has 0 saturated heterocycles. The van der Waals surface area contributed by atoms with Crippen molar-refractivity contribution in [3.05, 3.63) is 45.5 Å². The van der Waals surface area contributed by atoms with Gasteiger partial charge in [-0.2, -0.15) is 0 Å². The topological polar surface area (TPSA) is 9.23 Å². The molecule has 1 aliphatic rings. The predicted molar refractivity (Wildman–Crippen MR) is 105 cm³/mol. The molecule has 1 nitrogen and oxygen atoms in total. The minimum atomic E-state index is 0. The smallest absolute Gasteiger partial charge is 1.00 e. The maximum atomic E-state index is 6.00. The molecule has 0 N–H and O–H groups in total. The molecule has 1 unspecified atom stereocenters. The van der Waals surface area contributed by atoms with Crippen LogP contribution in [0.5, 0.6) is 5.75 Å². The zero-order valence-electron chi connectivity index (χ0n) is 18.4. The summed E-state index contributed by atoms with van der Waals surface area (Å²) >= 11 is 1.81. The molecule has 149 valence electrons. The molecule has 0 radical (unpaired) electrons. The average Bonchev–Trinajstić information content (AvgIpc) is 2.68. The van der Waals surface area contributed by atoms with E-state index < -0.39 is 0 Å². The summed E-state index contributed by atoms with van der Waals surface area (Å²) in [6.45, 7) is 22.8. The van der Waals surface area contributed by atoms with Gasteiger partial charge in [-0.1, -0.05) is 0 Å². The molecule has 1 aromatic rings. The summed E-state index contributed by atoms with van der Waals surface area (Å²) in [5.41, 5.74) is 9.86. The molecule has 0 aromatic heterocycles. The molecule has 0 fully saturated rings. The van der Waals surface area contributed by atoms with E-state index in [1.54, 1.807) is 0 Å². The molecule has 1 aliphatic carbocycles. The first-order valence-electron chi connectivity index (χ1n) is 9.22. The summed E-state index contributed by atoms with van der Waals surface area (Å²) in [7, 11) is 0. The predicted octanol–water partition coefficient (Wildman–Crippen LogP) is 0.890. The van der Waals surface area contributed by atoms with E-state index in [0.29, 0.717) is 5.92 Å². The second-order valence-electron chi connectivity index (χ2n) is 9.57. The van der Waals surface area contributed by atoms with Crippen molar-refractivity contribution < 1.29 is 49.0 Å². The fourth-order valence-corrected chi connectivity index (χ4v) is 4.07. The monoisotopic (exact) mass is 443 g/mol. The van der Waals surface area contributed by atoms with E-state index in [4.69, 9.17) is 3.32 Å². The Bertz CT molecular complexity index is 762. The van der Waals surface area contributed by atoms with Crippen LogP contribution in [0.1, 0.15) is 85.9 Å². The van der Waals surface area contributed by atoms with E-state index in [1.807, 2.05) is 20.8 Å². The van der Waals surface area contributed by atoms with Crippen molar-refractivity contribution in [3.63, 3.8) is 0 Å². The Labute approximate surface area is 191 Å². The third kappa shape index (κ3) is 5.05. The fraction of sp³-hybridized carbons (Fsp3) is 0.565. The Hall–Kier alpha value is -0.206. The largest absolute Gasteiger partial charge is 1.00 e. The number of hydrogen-bond donors (Lipinski definition) is 0. The molecule has 0 saturated carbocycles. The van der Waals surface area contributed by atoms with Crippen LogP contribution in [-0.2, 0) is 31.7 Å². The molecule has 1 atom stereocenters. The quantitative estimate of drug-likeness (QED) is 0.616. The van der Waals surface area contributed by atoms with Gasteiger partial charge in [-0.05, 0) is 0 Å². The summed E-state index contributed by atoms with van der Waals surface area (Å²) < 4.78 is 6.00. The van der Waals surface area contributed by atoms with E-state index in [9.17, 15) is 0 Å². The summed E-state index contributed by atoms with van der Waals surface area (Å²) in [4.78, 5) is 0. The van der Waals surface area contributed by atoms with Crippen molar-refractivity contribution >= 4 is 5.57 Å². The summed E-state index contributed by atoms with van der Waals surface area (Å²) in [5, 5.41) is 0. The van der Waals surface area contributed by atoms with Gasteiger partial charge in [0.15, 0.2) is 0 Å². The SMILES string of the molecule is CC1=C(C)C(C)C(c2cc(C(C)(C)C)cc(C(C)(C)C)c2[O][Ti+2])=C1C.[Cl-].[Cl-]. The van der Waals surface area contributed by atoms with Crippen molar-refractivity contribution in [1.29, 1.82) is 0 Å². The normalized spacial score (nSPS) is 17.7. The average molecular weight is 444 g/mol. The van der Waals surface area contributed by atoms with Crippen LogP contribution >= 0.6 is 0 Å². The van der Waals surface area contributed by atoms with Gasteiger partial charge < -0.3 is 24.8 Å². The van der Waals surface area contributed by atoms with Crippen molar-refractivity contribution in [2.45, 2.75) is 80.1 Å². The molecule has 0 amide bonds. The van der Waals surface area contributed by atoms with E-state index in [-0.39, 0.29) is 35.6 Å². The third-order valence-corrected chi connectivity index (χ3v) is 6.11. The Kier molecular flexibility index (Phi) is 9.01.